The van der Waals surface area contributed by atoms with Gasteiger partial charge in [0.2, 0.25) is 5.95 Å². The summed E-state index contributed by atoms with van der Waals surface area (Å²) in [6, 6.07) is 16.2. The van der Waals surface area contributed by atoms with Gasteiger partial charge in [0.1, 0.15) is 0 Å². The maximum Gasteiger partial charge on any atom is 0.332 e. The maximum atomic E-state index is 13.6. The first kappa shape index (κ1) is 21.9. The SMILES string of the molecule is Cc1ccc(N2C[C@@H](C)Cn3c2nc2c3c(=O)n(C/C=C\c3ccccc3)c(=O)n2C)cc1C. The molecule has 174 valence electrons. The van der Waals surface area contributed by atoms with E-state index in [1.807, 2.05) is 47.1 Å². The summed E-state index contributed by atoms with van der Waals surface area (Å²) >= 11 is 0. The van der Waals surface area contributed by atoms with Crippen LogP contribution in [0.3, 0.4) is 0 Å². The Morgan fingerprint density at radius 3 is 2.53 bits per heavy atom. The van der Waals surface area contributed by atoms with Crippen molar-refractivity contribution in [2.75, 3.05) is 11.4 Å². The van der Waals surface area contributed by atoms with E-state index in [9.17, 15) is 9.59 Å². The molecule has 0 saturated heterocycles. The van der Waals surface area contributed by atoms with E-state index in [4.69, 9.17) is 4.98 Å². The fourth-order valence-corrected chi connectivity index (χ4v) is 4.64. The molecule has 3 heterocycles. The number of nitrogens with zero attached hydrogens (tertiary/aromatic N) is 5. The molecular weight excluding hydrogens is 426 g/mol. The number of benzene rings is 2. The number of aromatic nitrogens is 4. The van der Waals surface area contributed by atoms with Crippen molar-refractivity contribution in [2.24, 2.45) is 13.0 Å². The average Bonchev–Trinajstić information content (AvgIpc) is 3.21. The van der Waals surface area contributed by atoms with Gasteiger partial charge in [-0.15, -0.1) is 0 Å². The molecule has 2 aromatic heterocycles. The van der Waals surface area contributed by atoms with Gasteiger partial charge >= 0.3 is 5.69 Å². The molecule has 0 unspecified atom stereocenters. The summed E-state index contributed by atoms with van der Waals surface area (Å²) in [6.07, 6.45) is 3.77. The van der Waals surface area contributed by atoms with E-state index in [1.165, 1.54) is 20.3 Å². The maximum absolute atomic E-state index is 13.6. The Morgan fingerprint density at radius 2 is 1.79 bits per heavy atom. The second kappa shape index (κ2) is 8.48. The van der Waals surface area contributed by atoms with Crippen molar-refractivity contribution in [3.63, 3.8) is 0 Å². The summed E-state index contributed by atoms with van der Waals surface area (Å²) in [4.78, 5) is 33.6. The van der Waals surface area contributed by atoms with E-state index in [2.05, 4.69) is 43.9 Å². The minimum Gasteiger partial charge on any atom is -0.312 e. The first-order valence-corrected chi connectivity index (χ1v) is 11.6. The quantitative estimate of drug-likeness (QED) is 0.466. The molecule has 0 N–H and O–H groups in total. The van der Waals surface area contributed by atoms with Crippen LogP contribution in [0.5, 0.6) is 0 Å². The summed E-state index contributed by atoms with van der Waals surface area (Å²) < 4.78 is 4.76. The number of fused-ring (bicyclic) bond motifs is 3. The molecule has 0 bridgehead atoms. The highest BCUT2D eigenvalue weighted by Gasteiger charge is 2.29. The largest absolute Gasteiger partial charge is 0.332 e. The lowest BCUT2D eigenvalue weighted by atomic mass is 10.1. The molecule has 0 radical (unpaired) electrons. The average molecular weight is 456 g/mol. The number of imidazole rings is 1. The molecule has 0 fully saturated rings. The van der Waals surface area contributed by atoms with Gasteiger partial charge in [-0.2, -0.15) is 4.98 Å². The standard InChI is InChI=1S/C27H29N5O2/c1-18-16-31(22-13-12-19(2)20(3)15-22)26-28-24-23(32(26)17-18)25(33)30(27(34)29(24)4)14-8-11-21-9-6-5-7-10-21/h5-13,15,18H,14,16-17H2,1-4H3/b11-8-/t18-/m1/s1. The fourth-order valence-electron chi connectivity index (χ4n) is 4.64. The molecule has 5 rings (SSSR count). The molecule has 1 aliphatic heterocycles. The van der Waals surface area contributed by atoms with Gasteiger partial charge < -0.3 is 9.47 Å². The molecule has 7 heteroatoms. The van der Waals surface area contributed by atoms with Crippen LogP contribution in [0.4, 0.5) is 11.6 Å². The number of hydrogen-bond donors (Lipinski definition) is 0. The zero-order valence-electron chi connectivity index (χ0n) is 20.0. The Bertz CT molecular complexity index is 1520. The number of allylic oxidation sites excluding steroid dienone is 1. The van der Waals surface area contributed by atoms with Gasteiger partial charge in [-0.3, -0.25) is 13.9 Å². The zero-order valence-corrected chi connectivity index (χ0v) is 20.0. The van der Waals surface area contributed by atoms with Crippen LogP contribution in [-0.4, -0.2) is 25.2 Å². The third-order valence-electron chi connectivity index (χ3n) is 6.64. The van der Waals surface area contributed by atoms with Crippen LogP contribution in [0, 0.1) is 19.8 Å². The highest BCUT2D eigenvalue weighted by Crippen LogP contribution is 2.33. The predicted molar refractivity (Wildman–Crippen MR) is 137 cm³/mol. The van der Waals surface area contributed by atoms with Crippen molar-refractivity contribution in [2.45, 2.75) is 33.9 Å². The van der Waals surface area contributed by atoms with Crippen LogP contribution >= 0.6 is 0 Å². The van der Waals surface area contributed by atoms with E-state index < -0.39 is 0 Å². The smallest absolute Gasteiger partial charge is 0.312 e. The number of rotatable bonds is 4. The molecule has 0 amide bonds. The van der Waals surface area contributed by atoms with Gasteiger partial charge in [0.15, 0.2) is 11.2 Å². The predicted octanol–water partition coefficient (Wildman–Crippen LogP) is 4.01. The van der Waals surface area contributed by atoms with Crippen molar-refractivity contribution < 1.29 is 0 Å². The molecule has 4 aromatic rings. The first-order valence-electron chi connectivity index (χ1n) is 11.6. The van der Waals surface area contributed by atoms with Crippen molar-refractivity contribution in [3.05, 3.63) is 92.1 Å². The Morgan fingerprint density at radius 1 is 1.03 bits per heavy atom. The summed E-state index contributed by atoms with van der Waals surface area (Å²) in [5.41, 5.74) is 4.74. The van der Waals surface area contributed by atoms with Crippen LogP contribution in [-0.2, 0) is 20.1 Å². The lowest BCUT2D eigenvalue weighted by Crippen LogP contribution is -2.40. The van der Waals surface area contributed by atoms with Crippen molar-refractivity contribution in [3.8, 4) is 0 Å². The first-order chi connectivity index (χ1) is 16.3. The van der Waals surface area contributed by atoms with E-state index >= 15 is 0 Å². The monoisotopic (exact) mass is 455 g/mol. The van der Waals surface area contributed by atoms with Crippen LogP contribution < -0.4 is 16.1 Å². The highest BCUT2D eigenvalue weighted by atomic mass is 16.2. The van der Waals surface area contributed by atoms with Gasteiger partial charge in [-0.05, 0) is 48.6 Å². The summed E-state index contributed by atoms with van der Waals surface area (Å²) in [5, 5.41) is 0. The fraction of sp³-hybridized carbons (Fsp3) is 0.296. The Labute approximate surface area is 198 Å². The Hall–Kier alpha value is -3.87. The van der Waals surface area contributed by atoms with Crippen LogP contribution in [0.2, 0.25) is 0 Å². The van der Waals surface area contributed by atoms with Crippen LogP contribution in [0.15, 0.2) is 64.2 Å². The molecule has 0 spiro atoms. The molecule has 7 nitrogen and oxygen atoms in total. The Balaban J connectivity index is 1.63. The van der Waals surface area contributed by atoms with Gasteiger partial charge in [0.05, 0.1) is 0 Å². The van der Waals surface area contributed by atoms with Crippen molar-refractivity contribution in [1.82, 2.24) is 18.7 Å². The lowest BCUT2D eigenvalue weighted by Gasteiger charge is -2.33. The number of anilines is 2. The van der Waals surface area contributed by atoms with Crippen LogP contribution in [0.25, 0.3) is 17.2 Å². The Kier molecular flexibility index (Phi) is 5.48. The topological polar surface area (TPSA) is 65.1 Å². The second-order valence-electron chi connectivity index (χ2n) is 9.25. The normalized spacial score (nSPS) is 15.9. The summed E-state index contributed by atoms with van der Waals surface area (Å²) in [5.74, 6) is 1.02. The van der Waals surface area contributed by atoms with Gasteiger partial charge in [-0.25, -0.2) is 4.79 Å². The van der Waals surface area contributed by atoms with Gasteiger partial charge in [0, 0.05) is 32.4 Å². The van der Waals surface area contributed by atoms with Gasteiger partial charge in [-0.1, -0.05) is 55.5 Å². The summed E-state index contributed by atoms with van der Waals surface area (Å²) in [7, 11) is 1.68. The minimum atomic E-state index is -0.364. The molecule has 0 saturated carbocycles. The van der Waals surface area contributed by atoms with Crippen molar-refractivity contribution >= 4 is 28.9 Å². The van der Waals surface area contributed by atoms with E-state index in [-0.39, 0.29) is 17.8 Å². The highest BCUT2D eigenvalue weighted by molar-refractivity contribution is 5.77. The summed E-state index contributed by atoms with van der Waals surface area (Å²) in [6.45, 7) is 8.05. The number of hydrogen-bond acceptors (Lipinski definition) is 4. The van der Waals surface area contributed by atoms with E-state index in [1.54, 1.807) is 7.05 Å². The molecule has 2 aromatic carbocycles. The third-order valence-corrected chi connectivity index (χ3v) is 6.64. The molecule has 0 aliphatic carbocycles. The molecular formula is C27H29N5O2. The molecule has 34 heavy (non-hydrogen) atoms. The van der Waals surface area contributed by atoms with Crippen LogP contribution in [0.1, 0.15) is 23.6 Å². The van der Waals surface area contributed by atoms with E-state index in [0.717, 1.165) is 17.8 Å². The van der Waals surface area contributed by atoms with E-state index in [0.29, 0.717) is 29.6 Å². The number of aryl methyl sites for hydroxylation is 3. The zero-order chi connectivity index (χ0) is 24.0. The molecule has 1 atom stereocenters. The second-order valence-corrected chi connectivity index (χ2v) is 9.25. The third kappa shape index (κ3) is 3.67. The minimum absolute atomic E-state index is 0.202. The van der Waals surface area contributed by atoms with Gasteiger partial charge in [0.25, 0.3) is 5.56 Å². The lowest BCUT2D eigenvalue weighted by molar-refractivity contribution is 0.458. The molecule has 1 aliphatic rings. The van der Waals surface area contributed by atoms with Crippen molar-refractivity contribution in [1.29, 1.82) is 0 Å².